The van der Waals surface area contributed by atoms with Crippen molar-refractivity contribution < 1.29 is 14.4 Å². The average molecular weight is 276 g/mol. The molecule has 0 spiro atoms. The van der Waals surface area contributed by atoms with Crippen molar-refractivity contribution in [3.05, 3.63) is 22.6 Å². The number of nitrogens with two attached hydrogens (primary N) is 1. The molecule has 82 valence electrons. The van der Waals surface area contributed by atoms with Crippen LogP contribution in [0.15, 0.2) is 26.6 Å². The fourth-order valence-corrected chi connectivity index (χ4v) is 1.41. The Labute approximate surface area is 94.5 Å². The molecule has 3 N–H and O–H groups in total. The number of rotatable bonds is 3. The van der Waals surface area contributed by atoms with Crippen molar-refractivity contribution >= 4 is 27.7 Å². The molecule has 1 heterocycles. The van der Waals surface area contributed by atoms with E-state index in [9.17, 15) is 4.79 Å². The first-order valence-electron chi connectivity index (χ1n) is 4.01. The normalized spacial score (nSPS) is 11.5. The molecule has 0 fully saturated rings. The number of halogens is 1. The first-order valence-corrected chi connectivity index (χ1v) is 4.80. The van der Waals surface area contributed by atoms with E-state index in [-0.39, 0.29) is 18.3 Å². The molecular weight excluding hydrogens is 266 g/mol. The molecule has 7 heteroatoms. The molecule has 1 aromatic heterocycles. The van der Waals surface area contributed by atoms with E-state index in [2.05, 4.69) is 21.1 Å². The van der Waals surface area contributed by atoms with Gasteiger partial charge < -0.3 is 20.3 Å². The molecule has 0 aliphatic rings. The monoisotopic (exact) mass is 275 g/mol. The van der Waals surface area contributed by atoms with E-state index < -0.39 is 0 Å². The molecule has 0 aliphatic heterocycles. The lowest BCUT2D eigenvalue weighted by molar-refractivity contribution is 0.0811. The number of amidine groups is 1. The fourth-order valence-electron chi connectivity index (χ4n) is 0.998. The van der Waals surface area contributed by atoms with Gasteiger partial charge in [-0.05, 0) is 22.0 Å². The molecule has 1 amide bonds. The highest BCUT2D eigenvalue weighted by Gasteiger charge is 2.17. The Kier molecular flexibility index (Phi) is 3.73. The van der Waals surface area contributed by atoms with Crippen LogP contribution in [0.25, 0.3) is 0 Å². The van der Waals surface area contributed by atoms with Crippen molar-refractivity contribution in [1.29, 1.82) is 0 Å². The minimum Gasteiger partial charge on any atom is -0.457 e. The van der Waals surface area contributed by atoms with E-state index in [1.54, 1.807) is 7.05 Å². The predicted octanol–water partition coefficient (Wildman–Crippen LogP) is 0.860. The fraction of sp³-hybridized carbons (Fsp3) is 0.250. The van der Waals surface area contributed by atoms with Gasteiger partial charge in [-0.3, -0.25) is 4.79 Å². The number of oxime groups is 1. The lowest BCUT2D eigenvalue weighted by Crippen LogP contribution is -2.35. The zero-order chi connectivity index (χ0) is 11.4. The van der Waals surface area contributed by atoms with Gasteiger partial charge in [0.2, 0.25) is 0 Å². The standard InChI is InChI=1S/C8H10BrN3O3/c1-12(4-6(10)11-14)8(13)5-2-3-15-7(5)9/h2-3,14H,4H2,1H3,(H2,10,11). The molecule has 0 atom stereocenters. The maximum Gasteiger partial charge on any atom is 0.258 e. The van der Waals surface area contributed by atoms with Gasteiger partial charge in [0.1, 0.15) is 0 Å². The van der Waals surface area contributed by atoms with Crippen LogP contribution in [0.2, 0.25) is 0 Å². The van der Waals surface area contributed by atoms with Crippen LogP contribution in [-0.4, -0.2) is 35.4 Å². The summed E-state index contributed by atoms with van der Waals surface area (Å²) in [5.74, 6) is -0.312. The summed E-state index contributed by atoms with van der Waals surface area (Å²) in [6.07, 6.45) is 1.40. The number of hydrogen-bond donors (Lipinski definition) is 2. The van der Waals surface area contributed by atoms with E-state index in [4.69, 9.17) is 15.4 Å². The van der Waals surface area contributed by atoms with Gasteiger partial charge in [0.15, 0.2) is 10.5 Å². The molecule has 1 rings (SSSR count). The summed E-state index contributed by atoms with van der Waals surface area (Å²) < 4.78 is 5.29. The van der Waals surface area contributed by atoms with Gasteiger partial charge in [-0.1, -0.05) is 5.16 Å². The molecule has 0 saturated carbocycles. The molecule has 0 unspecified atom stereocenters. The first-order chi connectivity index (χ1) is 7.06. The van der Waals surface area contributed by atoms with E-state index in [0.29, 0.717) is 10.2 Å². The van der Waals surface area contributed by atoms with Crippen LogP contribution in [0, 0.1) is 0 Å². The van der Waals surface area contributed by atoms with Gasteiger partial charge in [0.05, 0.1) is 18.4 Å². The van der Waals surface area contributed by atoms with Gasteiger partial charge in [0, 0.05) is 7.05 Å². The molecule has 6 nitrogen and oxygen atoms in total. The Morgan fingerprint density at radius 2 is 2.47 bits per heavy atom. The highest BCUT2D eigenvalue weighted by Crippen LogP contribution is 2.18. The van der Waals surface area contributed by atoms with Crippen LogP contribution in [0.4, 0.5) is 0 Å². The van der Waals surface area contributed by atoms with Crippen LogP contribution >= 0.6 is 15.9 Å². The molecule has 0 aliphatic carbocycles. The topological polar surface area (TPSA) is 92.1 Å². The Morgan fingerprint density at radius 1 is 1.80 bits per heavy atom. The van der Waals surface area contributed by atoms with Crippen molar-refractivity contribution in [3.63, 3.8) is 0 Å². The molecule has 15 heavy (non-hydrogen) atoms. The van der Waals surface area contributed by atoms with E-state index >= 15 is 0 Å². The van der Waals surface area contributed by atoms with Crippen LogP contribution in [0.5, 0.6) is 0 Å². The molecule has 0 saturated heterocycles. The van der Waals surface area contributed by atoms with E-state index in [0.717, 1.165) is 0 Å². The van der Waals surface area contributed by atoms with Gasteiger partial charge in [-0.25, -0.2) is 0 Å². The number of amides is 1. The third kappa shape index (κ3) is 2.72. The summed E-state index contributed by atoms with van der Waals surface area (Å²) in [6.45, 7) is 0.0486. The summed E-state index contributed by atoms with van der Waals surface area (Å²) >= 11 is 3.09. The number of carbonyl (C=O) groups excluding carboxylic acids is 1. The molecular formula is C8H10BrN3O3. The Morgan fingerprint density at radius 3 is 2.93 bits per heavy atom. The SMILES string of the molecule is CN(C/C(N)=N/O)C(=O)c1ccoc1Br. The highest BCUT2D eigenvalue weighted by molar-refractivity contribution is 9.10. The van der Waals surface area contributed by atoms with E-state index in [1.165, 1.54) is 17.2 Å². The van der Waals surface area contributed by atoms with Crippen LogP contribution in [0.1, 0.15) is 10.4 Å². The zero-order valence-electron chi connectivity index (χ0n) is 7.98. The quantitative estimate of drug-likeness (QED) is 0.370. The molecule has 0 aromatic carbocycles. The Hall–Kier alpha value is -1.50. The lowest BCUT2D eigenvalue weighted by Gasteiger charge is -2.14. The van der Waals surface area contributed by atoms with Gasteiger partial charge in [-0.15, -0.1) is 0 Å². The summed E-state index contributed by atoms with van der Waals surface area (Å²) in [7, 11) is 1.54. The van der Waals surface area contributed by atoms with Gasteiger partial charge in [-0.2, -0.15) is 0 Å². The Bertz CT molecular complexity index is 388. The van der Waals surface area contributed by atoms with Crippen molar-refractivity contribution in [1.82, 2.24) is 4.90 Å². The third-order valence-corrected chi connectivity index (χ3v) is 2.34. The number of likely N-dealkylation sites (N-methyl/N-ethyl adjacent to an activating group) is 1. The highest BCUT2D eigenvalue weighted by atomic mass is 79.9. The summed E-state index contributed by atoms with van der Waals surface area (Å²) in [5.41, 5.74) is 5.67. The predicted molar refractivity (Wildman–Crippen MR) is 56.8 cm³/mol. The summed E-state index contributed by atoms with van der Waals surface area (Å²) in [4.78, 5) is 13.0. The number of furan rings is 1. The smallest absolute Gasteiger partial charge is 0.258 e. The number of nitrogens with zero attached hydrogens (tertiary/aromatic N) is 2. The van der Waals surface area contributed by atoms with Crippen LogP contribution in [-0.2, 0) is 0 Å². The summed E-state index contributed by atoms with van der Waals surface area (Å²) in [6, 6.07) is 1.54. The number of carbonyl (C=O) groups is 1. The average Bonchev–Trinajstić information content (AvgIpc) is 2.63. The van der Waals surface area contributed by atoms with Crippen LogP contribution < -0.4 is 5.73 Å². The first kappa shape index (κ1) is 11.6. The third-order valence-electron chi connectivity index (χ3n) is 1.72. The second-order valence-electron chi connectivity index (χ2n) is 2.86. The maximum absolute atomic E-state index is 11.7. The Balaban J connectivity index is 2.74. The van der Waals surface area contributed by atoms with Crippen LogP contribution in [0.3, 0.4) is 0 Å². The molecule has 0 bridgehead atoms. The zero-order valence-corrected chi connectivity index (χ0v) is 9.56. The summed E-state index contributed by atoms with van der Waals surface area (Å²) in [5, 5.41) is 11.1. The second kappa shape index (κ2) is 4.83. The van der Waals surface area contributed by atoms with E-state index in [1.807, 2.05) is 0 Å². The minimum absolute atomic E-state index is 0.0366. The van der Waals surface area contributed by atoms with Gasteiger partial charge in [0.25, 0.3) is 5.91 Å². The molecule has 1 aromatic rings. The lowest BCUT2D eigenvalue weighted by atomic mass is 10.3. The second-order valence-corrected chi connectivity index (χ2v) is 3.58. The molecule has 0 radical (unpaired) electrons. The van der Waals surface area contributed by atoms with Crippen molar-refractivity contribution in [2.24, 2.45) is 10.9 Å². The van der Waals surface area contributed by atoms with Crippen molar-refractivity contribution in [3.8, 4) is 0 Å². The van der Waals surface area contributed by atoms with Gasteiger partial charge >= 0.3 is 0 Å². The minimum atomic E-state index is -0.276. The largest absolute Gasteiger partial charge is 0.457 e. The maximum atomic E-state index is 11.7. The van der Waals surface area contributed by atoms with Crippen molar-refractivity contribution in [2.45, 2.75) is 0 Å². The van der Waals surface area contributed by atoms with Crippen molar-refractivity contribution in [2.75, 3.05) is 13.6 Å². The number of hydrogen-bond acceptors (Lipinski definition) is 4.